The van der Waals surface area contributed by atoms with Crippen LogP contribution in [0.15, 0.2) is 64.2 Å². The van der Waals surface area contributed by atoms with Crippen molar-refractivity contribution in [3.63, 3.8) is 0 Å². The van der Waals surface area contributed by atoms with Gasteiger partial charge in [0.2, 0.25) is 0 Å². The molecule has 8 nitrogen and oxygen atoms in total. The largest absolute Gasteiger partial charge is 0.497 e. The average molecular weight is 480 g/mol. The minimum Gasteiger partial charge on any atom is -0.497 e. The zero-order valence-corrected chi connectivity index (χ0v) is 19.9. The number of benzene rings is 2. The fourth-order valence-electron chi connectivity index (χ4n) is 4.53. The molecule has 1 aliphatic heterocycles. The SMILES string of the molecule is COc1cccc(N2CCN(Cc3c4c(=O)n(-c5ccccc5Cl)[nH]c4cc(=O)n3C)CC2)c1. The number of hydrogen-bond donors (Lipinski definition) is 1. The van der Waals surface area contributed by atoms with E-state index in [1.54, 1.807) is 30.9 Å². The minimum atomic E-state index is -0.219. The molecule has 2 aromatic heterocycles. The Kier molecular flexibility index (Phi) is 5.93. The van der Waals surface area contributed by atoms with Crippen LogP contribution in [0.25, 0.3) is 16.6 Å². The summed E-state index contributed by atoms with van der Waals surface area (Å²) in [4.78, 5) is 30.7. The van der Waals surface area contributed by atoms with Crippen LogP contribution in [0.2, 0.25) is 5.02 Å². The highest BCUT2D eigenvalue weighted by Crippen LogP contribution is 2.24. The number of aromatic nitrogens is 3. The third-order valence-electron chi connectivity index (χ3n) is 6.47. The first kappa shape index (κ1) is 22.3. The first-order valence-corrected chi connectivity index (χ1v) is 11.5. The molecule has 0 amide bonds. The summed E-state index contributed by atoms with van der Waals surface area (Å²) >= 11 is 6.33. The van der Waals surface area contributed by atoms with Crippen molar-refractivity contribution >= 4 is 28.2 Å². The third-order valence-corrected chi connectivity index (χ3v) is 6.79. The number of pyridine rings is 1. The quantitative estimate of drug-likeness (QED) is 0.476. The third kappa shape index (κ3) is 3.99. The molecule has 0 spiro atoms. The Morgan fingerprint density at radius 2 is 1.76 bits per heavy atom. The summed E-state index contributed by atoms with van der Waals surface area (Å²) in [5.74, 6) is 0.837. The van der Waals surface area contributed by atoms with Crippen molar-refractivity contribution < 1.29 is 4.74 Å². The lowest BCUT2D eigenvalue weighted by Gasteiger charge is -2.36. The van der Waals surface area contributed by atoms with Crippen LogP contribution in [-0.4, -0.2) is 52.5 Å². The van der Waals surface area contributed by atoms with Gasteiger partial charge in [-0.2, -0.15) is 0 Å². The van der Waals surface area contributed by atoms with Gasteiger partial charge in [-0.15, -0.1) is 0 Å². The van der Waals surface area contributed by atoms with Crippen LogP contribution >= 0.6 is 11.6 Å². The Morgan fingerprint density at radius 1 is 1.00 bits per heavy atom. The van der Waals surface area contributed by atoms with E-state index in [1.165, 1.54) is 10.7 Å². The smallest absolute Gasteiger partial charge is 0.280 e. The van der Waals surface area contributed by atoms with Gasteiger partial charge < -0.3 is 14.2 Å². The Balaban J connectivity index is 1.44. The number of ether oxygens (including phenoxy) is 1. The molecule has 0 radical (unpaired) electrons. The van der Waals surface area contributed by atoms with Gasteiger partial charge in [-0.3, -0.25) is 19.6 Å². The number of hydrogen-bond acceptors (Lipinski definition) is 5. The molecule has 1 N–H and O–H groups in total. The molecule has 0 unspecified atom stereocenters. The Labute approximate surface area is 201 Å². The summed E-state index contributed by atoms with van der Waals surface area (Å²) in [7, 11) is 3.39. The van der Waals surface area contributed by atoms with Crippen molar-refractivity contribution in [2.75, 3.05) is 38.2 Å². The number of methoxy groups -OCH3 is 1. The topological polar surface area (TPSA) is 75.5 Å². The van der Waals surface area contributed by atoms with Crippen LogP contribution in [-0.2, 0) is 13.6 Å². The number of piperazine rings is 1. The summed E-state index contributed by atoms with van der Waals surface area (Å²) in [6, 6.07) is 16.7. The van der Waals surface area contributed by atoms with Gasteiger partial charge in [-0.05, 0) is 24.3 Å². The molecule has 1 aliphatic rings. The van der Waals surface area contributed by atoms with E-state index in [0.717, 1.165) is 37.6 Å². The molecule has 0 bridgehead atoms. The molecule has 9 heteroatoms. The Bertz CT molecular complexity index is 1460. The second kappa shape index (κ2) is 9.04. The van der Waals surface area contributed by atoms with Gasteiger partial charge in [0.1, 0.15) is 5.75 Å². The molecule has 34 heavy (non-hydrogen) atoms. The number of rotatable bonds is 5. The molecule has 1 saturated heterocycles. The highest BCUT2D eigenvalue weighted by molar-refractivity contribution is 6.32. The van der Waals surface area contributed by atoms with Crippen molar-refractivity contribution in [1.82, 2.24) is 19.2 Å². The molecule has 2 aromatic carbocycles. The highest BCUT2D eigenvalue weighted by Gasteiger charge is 2.22. The van der Waals surface area contributed by atoms with Crippen molar-refractivity contribution in [3.8, 4) is 11.4 Å². The van der Waals surface area contributed by atoms with E-state index in [2.05, 4.69) is 21.0 Å². The van der Waals surface area contributed by atoms with Gasteiger partial charge >= 0.3 is 0 Å². The molecular formula is C25H26ClN5O3. The number of nitrogens with zero attached hydrogens (tertiary/aromatic N) is 4. The lowest BCUT2D eigenvalue weighted by atomic mass is 10.2. The van der Waals surface area contributed by atoms with E-state index < -0.39 is 0 Å². The first-order valence-electron chi connectivity index (χ1n) is 11.2. The van der Waals surface area contributed by atoms with E-state index >= 15 is 0 Å². The number of para-hydroxylation sites is 1. The molecule has 1 fully saturated rings. The molecule has 3 heterocycles. The molecule has 5 rings (SSSR count). The van der Waals surface area contributed by atoms with Gasteiger partial charge in [0, 0.05) is 63.3 Å². The molecule has 0 atom stereocenters. The fraction of sp³-hybridized carbons (Fsp3) is 0.280. The predicted molar refractivity (Wildman–Crippen MR) is 135 cm³/mol. The van der Waals surface area contributed by atoms with Crippen LogP contribution in [0.4, 0.5) is 5.69 Å². The number of H-pyrrole nitrogens is 1. The van der Waals surface area contributed by atoms with Crippen molar-refractivity contribution in [2.24, 2.45) is 7.05 Å². The van der Waals surface area contributed by atoms with Crippen LogP contribution < -0.4 is 20.8 Å². The van der Waals surface area contributed by atoms with Crippen LogP contribution in [0, 0.1) is 0 Å². The highest BCUT2D eigenvalue weighted by atomic mass is 35.5. The molecular weight excluding hydrogens is 454 g/mol. The maximum atomic E-state index is 13.4. The maximum absolute atomic E-state index is 13.4. The maximum Gasteiger partial charge on any atom is 0.280 e. The van der Waals surface area contributed by atoms with E-state index in [4.69, 9.17) is 16.3 Å². The molecule has 0 saturated carbocycles. The van der Waals surface area contributed by atoms with E-state index in [9.17, 15) is 9.59 Å². The molecule has 4 aromatic rings. The number of fused-ring (bicyclic) bond motifs is 1. The lowest BCUT2D eigenvalue weighted by Crippen LogP contribution is -2.46. The Hall–Kier alpha value is -3.49. The minimum absolute atomic E-state index is 0.162. The van der Waals surface area contributed by atoms with Gasteiger partial charge in [0.25, 0.3) is 11.1 Å². The normalized spacial score (nSPS) is 14.6. The second-order valence-electron chi connectivity index (χ2n) is 8.45. The standard InChI is InChI=1S/C25H26ClN5O3/c1-28-22(16-29-10-12-30(13-11-29)17-6-5-7-18(14-17)34-2)24-20(15-23(28)32)27-31(25(24)33)21-9-4-3-8-19(21)26/h3-9,14-15,27H,10-13,16H2,1-2H3. The summed E-state index contributed by atoms with van der Waals surface area (Å²) in [6.45, 7) is 3.81. The molecule has 0 aliphatic carbocycles. The first-order chi connectivity index (χ1) is 16.5. The summed E-state index contributed by atoms with van der Waals surface area (Å²) < 4.78 is 8.34. The summed E-state index contributed by atoms with van der Waals surface area (Å²) in [5.41, 5.74) is 2.51. The monoisotopic (exact) mass is 479 g/mol. The van der Waals surface area contributed by atoms with Crippen LogP contribution in [0.3, 0.4) is 0 Å². The summed E-state index contributed by atoms with van der Waals surface area (Å²) in [5, 5.41) is 4.04. The fourth-order valence-corrected chi connectivity index (χ4v) is 4.75. The van der Waals surface area contributed by atoms with E-state index in [-0.39, 0.29) is 11.1 Å². The lowest BCUT2D eigenvalue weighted by molar-refractivity contribution is 0.245. The van der Waals surface area contributed by atoms with Gasteiger partial charge in [-0.25, -0.2) is 4.68 Å². The van der Waals surface area contributed by atoms with Gasteiger partial charge in [0.05, 0.1) is 28.7 Å². The number of nitrogens with one attached hydrogen (secondary N) is 1. The van der Waals surface area contributed by atoms with Crippen LogP contribution in [0.5, 0.6) is 5.75 Å². The van der Waals surface area contributed by atoms with Gasteiger partial charge in [0.15, 0.2) is 0 Å². The number of anilines is 1. The van der Waals surface area contributed by atoms with Crippen molar-refractivity contribution in [1.29, 1.82) is 0 Å². The van der Waals surface area contributed by atoms with Crippen molar-refractivity contribution in [2.45, 2.75) is 6.54 Å². The average Bonchev–Trinajstić information content (AvgIpc) is 3.18. The zero-order valence-electron chi connectivity index (χ0n) is 19.1. The van der Waals surface area contributed by atoms with Crippen molar-refractivity contribution in [3.05, 3.63) is 86.0 Å². The molecule has 176 valence electrons. The predicted octanol–water partition coefficient (Wildman–Crippen LogP) is 3.00. The van der Waals surface area contributed by atoms with E-state index in [1.807, 2.05) is 30.3 Å². The van der Waals surface area contributed by atoms with E-state index in [0.29, 0.717) is 33.9 Å². The Morgan fingerprint density at radius 3 is 2.50 bits per heavy atom. The second-order valence-corrected chi connectivity index (χ2v) is 8.85. The van der Waals surface area contributed by atoms with Crippen LogP contribution in [0.1, 0.15) is 5.69 Å². The number of halogens is 1. The van der Waals surface area contributed by atoms with Gasteiger partial charge in [-0.1, -0.05) is 29.8 Å². The number of aromatic amines is 1. The zero-order chi connectivity index (χ0) is 23.8. The summed E-state index contributed by atoms with van der Waals surface area (Å²) in [6.07, 6.45) is 0.